The smallest absolute Gasteiger partial charge is 0.0817 e. The summed E-state index contributed by atoms with van der Waals surface area (Å²) in [6.45, 7) is 0. The molecule has 0 radical (unpaired) electrons. The van der Waals surface area contributed by atoms with Crippen molar-refractivity contribution in [3.8, 4) is 44.5 Å². The van der Waals surface area contributed by atoms with Crippen LogP contribution in [-0.4, -0.2) is 4.98 Å². The summed E-state index contributed by atoms with van der Waals surface area (Å²) < 4.78 is 0. The zero-order valence-electron chi connectivity index (χ0n) is 24.3. The molecule has 1 aromatic heterocycles. The summed E-state index contributed by atoms with van der Waals surface area (Å²) in [5.41, 5.74) is 13.6. The Morgan fingerprint density at radius 3 is 2.00 bits per heavy atom. The van der Waals surface area contributed by atoms with Crippen molar-refractivity contribution in [3.63, 3.8) is 0 Å². The molecule has 0 bridgehead atoms. The average molecular weight is 572 g/mol. The number of H-pyrrole nitrogens is 1. The number of para-hydroxylation sites is 2. The number of nitrogens with one attached hydrogen (secondary N) is 1. The number of rotatable bonds is 3. The molecule has 0 atom stereocenters. The van der Waals surface area contributed by atoms with Crippen molar-refractivity contribution >= 4 is 33.2 Å². The molecule has 0 saturated carbocycles. The Kier molecular flexibility index (Phi) is 5.00. The van der Waals surface area contributed by atoms with E-state index in [2.05, 4.69) is 151 Å². The summed E-state index contributed by atoms with van der Waals surface area (Å²) in [6, 6.07) is 51.9. The van der Waals surface area contributed by atoms with E-state index in [1.807, 2.05) is 0 Å². The minimum Gasteiger partial charge on any atom is -0.354 e. The maximum Gasteiger partial charge on any atom is 0.0817 e. The Balaban J connectivity index is 1.39. The lowest BCUT2D eigenvalue weighted by molar-refractivity contribution is 1.36. The molecule has 1 N–H and O–H groups in total. The largest absolute Gasteiger partial charge is 0.354 e. The predicted octanol–water partition coefficient (Wildman–Crippen LogP) is 9.81. The van der Waals surface area contributed by atoms with Crippen LogP contribution in [0.5, 0.6) is 0 Å². The lowest BCUT2D eigenvalue weighted by Crippen LogP contribution is -2.02. The Morgan fingerprint density at radius 1 is 0.400 bits per heavy atom. The lowest BCUT2D eigenvalue weighted by atomic mass is 9.83. The zero-order chi connectivity index (χ0) is 29.5. The van der Waals surface area contributed by atoms with Gasteiger partial charge in [-0.1, -0.05) is 115 Å². The number of aromatic nitrogens is 1. The predicted molar refractivity (Wildman–Crippen MR) is 183 cm³/mol. The van der Waals surface area contributed by atoms with Crippen molar-refractivity contribution in [2.24, 2.45) is 9.98 Å². The highest BCUT2D eigenvalue weighted by Gasteiger charge is 2.28. The van der Waals surface area contributed by atoms with Crippen molar-refractivity contribution in [1.29, 1.82) is 0 Å². The molecular formula is C42H25N3. The van der Waals surface area contributed by atoms with E-state index in [4.69, 9.17) is 9.98 Å². The molecule has 0 saturated heterocycles. The van der Waals surface area contributed by atoms with Crippen molar-refractivity contribution in [2.45, 2.75) is 0 Å². The van der Waals surface area contributed by atoms with Gasteiger partial charge in [0.15, 0.2) is 0 Å². The molecule has 3 nitrogen and oxygen atoms in total. The Hall–Kier alpha value is -6.06. The van der Waals surface area contributed by atoms with Gasteiger partial charge in [0.2, 0.25) is 0 Å². The molecule has 2 aliphatic rings. The number of hydrogen-bond donors (Lipinski definition) is 1. The van der Waals surface area contributed by atoms with Crippen LogP contribution in [0.25, 0.3) is 66.3 Å². The van der Waals surface area contributed by atoms with E-state index in [1.165, 1.54) is 49.4 Å². The number of aromatic amines is 1. The number of benzene rings is 7. The molecule has 0 fully saturated rings. The molecule has 7 aromatic carbocycles. The van der Waals surface area contributed by atoms with Gasteiger partial charge in [-0.3, -0.25) is 0 Å². The second kappa shape index (κ2) is 9.22. The van der Waals surface area contributed by atoms with Crippen LogP contribution in [0.2, 0.25) is 0 Å². The first-order chi connectivity index (χ1) is 22.3. The fraction of sp³-hybridized carbons (Fsp3) is 0. The van der Waals surface area contributed by atoms with Gasteiger partial charge in [-0.25, -0.2) is 9.98 Å². The van der Waals surface area contributed by atoms with Crippen LogP contribution >= 0.6 is 0 Å². The topological polar surface area (TPSA) is 40.5 Å². The Morgan fingerprint density at radius 2 is 1.13 bits per heavy atom. The maximum atomic E-state index is 5.22. The molecule has 3 heteroatoms. The summed E-state index contributed by atoms with van der Waals surface area (Å²) in [7, 11) is 0. The first-order valence-corrected chi connectivity index (χ1v) is 15.4. The third-order valence-electron chi connectivity index (χ3n) is 9.36. The fourth-order valence-corrected chi connectivity index (χ4v) is 7.41. The van der Waals surface area contributed by atoms with Gasteiger partial charge in [0, 0.05) is 49.0 Å². The molecular weight excluding hydrogens is 546 g/mol. The lowest BCUT2D eigenvalue weighted by Gasteiger charge is -2.20. The van der Waals surface area contributed by atoms with E-state index < -0.39 is 0 Å². The molecule has 0 spiro atoms. The number of hydrogen-bond acceptors (Lipinski definition) is 2. The van der Waals surface area contributed by atoms with Crippen LogP contribution in [0.15, 0.2) is 156 Å². The average Bonchev–Trinajstić information content (AvgIpc) is 3.79. The van der Waals surface area contributed by atoms with Gasteiger partial charge in [-0.2, -0.15) is 0 Å². The molecule has 8 aromatic rings. The van der Waals surface area contributed by atoms with Gasteiger partial charge < -0.3 is 4.98 Å². The number of nitrogens with zero attached hydrogens (tertiary/aromatic N) is 2. The summed E-state index contributed by atoms with van der Waals surface area (Å²) in [4.78, 5) is 14.2. The van der Waals surface area contributed by atoms with Gasteiger partial charge in [-0.05, 0) is 52.6 Å². The second-order valence-corrected chi connectivity index (χ2v) is 11.8. The second-order valence-electron chi connectivity index (χ2n) is 11.8. The van der Waals surface area contributed by atoms with E-state index >= 15 is 0 Å². The van der Waals surface area contributed by atoms with Crippen molar-refractivity contribution in [2.75, 3.05) is 0 Å². The SMILES string of the molecule is c1ccc(-c2ccc3c(c2-c2ccc4c([nH]c5ccccc54)c2-c2ccccc2)-c2c4c(ccc2=N3)=c2ccccc2=N4)cc1. The third-order valence-corrected chi connectivity index (χ3v) is 9.36. The molecule has 10 rings (SSSR count). The minimum atomic E-state index is 0.972. The Labute approximate surface area is 258 Å². The standard InChI is InChI=1S/C42H25N3/c1-3-11-25(12-4-1)27-21-23-35-39(40-36(43-35)24-22-31-29-16-8-10-18-34(29)45-42(31)40)38(27)32-20-19-30-28-15-7-9-17-33(28)44-41(30)37(32)26-13-5-2-6-14-26/h1-24,44H. The first kappa shape index (κ1) is 24.4. The third kappa shape index (κ3) is 3.46. The quantitative estimate of drug-likeness (QED) is 0.219. The van der Waals surface area contributed by atoms with E-state index in [-0.39, 0.29) is 0 Å². The van der Waals surface area contributed by atoms with Crippen LogP contribution in [0, 0.1) is 10.4 Å². The molecule has 3 heterocycles. The Bertz CT molecular complexity index is 2740. The summed E-state index contributed by atoms with van der Waals surface area (Å²) >= 11 is 0. The monoisotopic (exact) mass is 571 g/mol. The van der Waals surface area contributed by atoms with E-state index in [1.54, 1.807) is 0 Å². The van der Waals surface area contributed by atoms with E-state index in [0.717, 1.165) is 49.5 Å². The fourth-order valence-electron chi connectivity index (χ4n) is 7.41. The van der Waals surface area contributed by atoms with Crippen LogP contribution in [0.4, 0.5) is 11.4 Å². The first-order valence-electron chi connectivity index (χ1n) is 15.4. The van der Waals surface area contributed by atoms with Crippen LogP contribution in [0.3, 0.4) is 0 Å². The minimum absolute atomic E-state index is 0.972. The van der Waals surface area contributed by atoms with Gasteiger partial charge in [0.25, 0.3) is 0 Å². The van der Waals surface area contributed by atoms with Gasteiger partial charge >= 0.3 is 0 Å². The molecule has 2 aliphatic heterocycles. The van der Waals surface area contributed by atoms with Crippen LogP contribution in [0.1, 0.15) is 0 Å². The molecule has 208 valence electrons. The summed E-state index contributed by atoms with van der Waals surface area (Å²) in [6.07, 6.45) is 0. The van der Waals surface area contributed by atoms with Crippen molar-refractivity contribution < 1.29 is 0 Å². The summed E-state index contributed by atoms with van der Waals surface area (Å²) in [5.74, 6) is 0. The molecule has 45 heavy (non-hydrogen) atoms. The highest BCUT2D eigenvalue weighted by molar-refractivity contribution is 6.17. The van der Waals surface area contributed by atoms with Crippen molar-refractivity contribution in [3.05, 3.63) is 167 Å². The highest BCUT2D eigenvalue weighted by atomic mass is 14.8. The molecule has 0 aliphatic carbocycles. The van der Waals surface area contributed by atoms with Crippen LogP contribution in [-0.2, 0) is 0 Å². The van der Waals surface area contributed by atoms with Gasteiger partial charge in [-0.15, -0.1) is 0 Å². The van der Waals surface area contributed by atoms with Crippen LogP contribution < -0.4 is 10.7 Å². The van der Waals surface area contributed by atoms with Crippen molar-refractivity contribution in [1.82, 2.24) is 4.98 Å². The molecule has 0 amide bonds. The van der Waals surface area contributed by atoms with E-state index in [0.29, 0.717) is 0 Å². The summed E-state index contributed by atoms with van der Waals surface area (Å²) in [5, 5.41) is 6.78. The highest BCUT2D eigenvalue weighted by Crippen LogP contribution is 2.52. The van der Waals surface area contributed by atoms with Gasteiger partial charge in [0.1, 0.15) is 0 Å². The van der Waals surface area contributed by atoms with Gasteiger partial charge in [0.05, 0.1) is 27.6 Å². The number of fused-ring (bicyclic) bond motifs is 9. The maximum absolute atomic E-state index is 5.22. The zero-order valence-corrected chi connectivity index (χ0v) is 24.3. The van der Waals surface area contributed by atoms with E-state index in [9.17, 15) is 0 Å². The normalized spacial score (nSPS) is 12.4. The molecule has 0 unspecified atom stereocenters.